The van der Waals surface area contributed by atoms with E-state index in [4.69, 9.17) is 4.74 Å². The lowest BCUT2D eigenvalue weighted by molar-refractivity contribution is -0.162. The van der Waals surface area contributed by atoms with E-state index in [2.05, 4.69) is 0 Å². The Balaban J connectivity index is 2.64. The van der Waals surface area contributed by atoms with Gasteiger partial charge in [0.25, 0.3) is 0 Å². The summed E-state index contributed by atoms with van der Waals surface area (Å²) in [6.07, 6.45) is 6.32. The molecule has 0 aromatic carbocycles. The van der Waals surface area contributed by atoms with Gasteiger partial charge in [-0.2, -0.15) is 0 Å². The van der Waals surface area contributed by atoms with Crippen molar-refractivity contribution >= 4 is 5.97 Å². The van der Waals surface area contributed by atoms with Crippen molar-refractivity contribution in [2.45, 2.75) is 65.4 Å². The molecule has 0 aromatic heterocycles. The van der Waals surface area contributed by atoms with E-state index in [1.165, 1.54) is 25.7 Å². The molecule has 0 aliphatic heterocycles. The Morgan fingerprint density at radius 2 is 1.82 bits per heavy atom. The number of aliphatic hydroxyl groups is 1. The van der Waals surface area contributed by atoms with Crippen LogP contribution in [0.25, 0.3) is 0 Å². The van der Waals surface area contributed by atoms with E-state index in [-0.39, 0.29) is 11.9 Å². The number of hydrogen-bond acceptors (Lipinski definition) is 3. The third kappa shape index (κ3) is 3.70. The standard InChI is InChI=1S/C14H26O3/c1-4-17-13(16)14(2,3)12(15)11-9-7-5-6-8-10-11/h11-12,15H,4-10H2,1-3H3. The molecule has 3 heteroatoms. The van der Waals surface area contributed by atoms with Gasteiger partial charge < -0.3 is 9.84 Å². The number of rotatable bonds is 4. The van der Waals surface area contributed by atoms with Gasteiger partial charge in [0.2, 0.25) is 0 Å². The fourth-order valence-electron chi connectivity index (χ4n) is 2.65. The molecule has 0 heterocycles. The minimum Gasteiger partial charge on any atom is -0.466 e. The smallest absolute Gasteiger partial charge is 0.314 e. The van der Waals surface area contributed by atoms with Crippen LogP contribution >= 0.6 is 0 Å². The van der Waals surface area contributed by atoms with Crippen LogP contribution in [-0.2, 0) is 9.53 Å². The summed E-state index contributed by atoms with van der Waals surface area (Å²) in [6.45, 7) is 5.76. The molecule has 0 saturated heterocycles. The maximum absolute atomic E-state index is 11.9. The molecule has 1 N–H and O–H groups in total. The topological polar surface area (TPSA) is 46.5 Å². The Labute approximate surface area is 105 Å². The number of carbonyl (C=O) groups is 1. The van der Waals surface area contributed by atoms with Crippen molar-refractivity contribution in [3.8, 4) is 0 Å². The fourth-order valence-corrected chi connectivity index (χ4v) is 2.65. The third-order valence-electron chi connectivity index (χ3n) is 3.89. The number of carbonyl (C=O) groups excluding carboxylic acids is 1. The van der Waals surface area contributed by atoms with E-state index in [0.29, 0.717) is 6.61 Å². The molecular weight excluding hydrogens is 216 g/mol. The second-order valence-electron chi connectivity index (χ2n) is 5.64. The number of esters is 1. The summed E-state index contributed by atoms with van der Waals surface area (Å²) in [5, 5.41) is 10.4. The molecule has 1 aliphatic carbocycles. The average molecular weight is 242 g/mol. The minimum absolute atomic E-state index is 0.247. The van der Waals surface area contributed by atoms with Gasteiger partial charge in [-0.05, 0) is 39.5 Å². The van der Waals surface area contributed by atoms with E-state index in [1.54, 1.807) is 20.8 Å². The van der Waals surface area contributed by atoms with E-state index < -0.39 is 11.5 Å². The van der Waals surface area contributed by atoms with E-state index in [1.807, 2.05) is 0 Å². The van der Waals surface area contributed by atoms with Crippen LogP contribution in [0, 0.1) is 11.3 Å². The van der Waals surface area contributed by atoms with Gasteiger partial charge in [-0.15, -0.1) is 0 Å². The summed E-state index contributed by atoms with van der Waals surface area (Å²) in [6, 6.07) is 0. The fraction of sp³-hybridized carbons (Fsp3) is 0.929. The van der Waals surface area contributed by atoms with Crippen LogP contribution in [0.5, 0.6) is 0 Å². The summed E-state index contributed by atoms with van der Waals surface area (Å²) in [5.74, 6) is -0.0337. The van der Waals surface area contributed by atoms with Gasteiger partial charge in [-0.1, -0.05) is 25.7 Å². The lowest BCUT2D eigenvalue weighted by Gasteiger charge is -2.33. The zero-order valence-electron chi connectivity index (χ0n) is 11.4. The van der Waals surface area contributed by atoms with Crippen LogP contribution in [0.4, 0.5) is 0 Å². The van der Waals surface area contributed by atoms with E-state index in [9.17, 15) is 9.90 Å². The van der Waals surface area contributed by atoms with E-state index in [0.717, 1.165) is 12.8 Å². The van der Waals surface area contributed by atoms with Crippen molar-refractivity contribution in [2.24, 2.45) is 11.3 Å². The molecule has 0 radical (unpaired) electrons. The molecule has 0 amide bonds. The molecular formula is C14H26O3. The molecule has 17 heavy (non-hydrogen) atoms. The van der Waals surface area contributed by atoms with Crippen LogP contribution in [0.1, 0.15) is 59.3 Å². The minimum atomic E-state index is -0.787. The first-order valence-corrected chi connectivity index (χ1v) is 6.85. The first-order valence-electron chi connectivity index (χ1n) is 6.85. The summed E-state index contributed by atoms with van der Waals surface area (Å²) in [4.78, 5) is 11.9. The van der Waals surface area contributed by atoms with Crippen molar-refractivity contribution in [1.29, 1.82) is 0 Å². The molecule has 1 rings (SSSR count). The van der Waals surface area contributed by atoms with Crippen molar-refractivity contribution < 1.29 is 14.6 Å². The molecule has 1 aliphatic rings. The molecule has 1 unspecified atom stereocenters. The maximum Gasteiger partial charge on any atom is 0.314 e. The second kappa shape index (κ2) is 6.39. The highest BCUT2D eigenvalue weighted by atomic mass is 16.5. The summed E-state index contributed by atoms with van der Waals surface area (Å²) < 4.78 is 5.05. The summed E-state index contributed by atoms with van der Waals surface area (Å²) in [7, 11) is 0. The largest absolute Gasteiger partial charge is 0.466 e. The normalized spacial score (nSPS) is 20.7. The third-order valence-corrected chi connectivity index (χ3v) is 3.89. The number of ether oxygens (including phenoxy) is 1. The van der Waals surface area contributed by atoms with Gasteiger partial charge in [-0.25, -0.2) is 0 Å². The molecule has 1 atom stereocenters. The number of aliphatic hydroxyl groups excluding tert-OH is 1. The highest BCUT2D eigenvalue weighted by Gasteiger charge is 2.41. The van der Waals surface area contributed by atoms with E-state index >= 15 is 0 Å². The van der Waals surface area contributed by atoms with Gasteiger partial charge in [0.05, 0.1) is 18.1 Å². The Hall–Kier alpha value is -0.570. The van der Waals surface area contributed by atoms with Crippen LogP contribution in [0.15, 0.2) is 0 Å². The van der Waals surface area contributed by atoms with Gasteiger partial charge in [-0.3, -0.25) is 4.79 Å². The number of hydrogen-bond donors (Lipinski definition) is 1. The van der Waals surface area contributed by atoms with Crippen LogP contribution in [0.2, 0.25) is 0 Å². The molecule has 100 valence electrons. The first-order chi connectivity index (χ1) is 8.00. The molecule has 0 aromatic rings. The predicted molar refractivity (Wildman–Crippen MR) is 67.6 cm³/mol. The lowest BCUT2D eigenvalue weighted by Crippen LogP contribution is -2.43. The Morgan fingerprint density at radius 3 is 2.29 bits per heavy atom. The Morgan fingerprint density at radius 1 is 1.29 bits per heavy atom. The maximum atomic E-state index is 11.9. The van der Waals surface area contributed by atoms with Crippen molar-refractivity contribution in [3.63, 3.8) is 0 Å². The summed E-state index contributed by atoms with van der Waals surface area (Å²) in [5.41, 5.74) is -0.787. The second-order valence-corrected chi connectivity index (χ2v) is 5.64. The average Bonchev–Trinajstić information content (AvgIpc) is 2.56. The van der Waals surface area contributed by atoms with Gasteiger partial charge in [0.15, 0.2) is 0 Å². The van der Waals surface area contributed by atoms with Crippen LogP contribution < -0.4 is 0 Å². The van der Waals surface area contributed by atoms with Crippen molar-refractivity contribution in [1.82, 2.24) is 0 Å². The van der Waals surface area contributed by atoms with Crippen LogP contribution in [-0.4, -0.2) is 23.8 Å². The highest BCUT2D eigenvalue weighted by molar-refractivity contribution is 5.76. The SMILES string of the molecule is CCOC(=O)C(C)(C)C(O)C1CCCCCC1. The van der Waals surface area contributed by atoms with Crippen LogP contribution in [0.3, 0.4) is 0 Å². The van der Waals surface area contributed by atoms with Crippen molar-refractivity contribution in [2.75, 3.05) is 6.61 Å². The van der Waals surface area contributed by atoms with Gasteiger partial charge in [0.1, 0.15) is 0 Å². The lowest BCUT2D eigenvalue weighted by atomic mass is 9.77. The van der Waals surface area contributed by atoms with Crippen molar-refractivity contribution in [3.05, 3.63) is 0 Å². The van der Waals surface area contributed by atoms with Gasteiger partial charge in [0, 0.05) is 0 Å². The quantitative estimate of drug-likeness (QED) is 0.609. The Kier molecular flexibility index (Phi) is 5.44. The molecule has 0 spiro atoms. The molecule has 1 fully saturated rings. The Bertz CT molecular complexity index is 240. The summed E-state index contributed by atoms with van der Waals surface area (Å²) >= 11 is 0. The van der Waals surface area contributed by atoms with Gasteiger partial charge >= 0.3 is 5.97 Å². The first kappa shape index (κ1) is 14.5. The molecule has 0 bridgehead atoms. The molecule has 1 saturated carbocycles. The highest BCUT2D eigenvalue weighted by Crippen LogP contribution is 2.35. The monoisotopic (exact) mass is 242 g/mol. The molecule has 3 nitrogen and oxygen atoms in total. The predicted octanol–water partition coefficient (Wildman–Crippen LogP) is 2.91. The zero-order valence-corrected chi connectivity index (χ0v) is 11.4. The zero-order chi connectivity index (χ0) is 12.9.